The van der Waals surface area contributed by atoms with Crippen LogP contribution in [-0.4, -0.2) is 33.4 Å². The summed E-state index contributed by atoms with van der Waals surface area (Å²) in [6.45, 7) is 9.15. The molecule has 0 fully saturated rings. The van der Waals surface area contributed by atoms with Crippen molar-refractivity contribution >= 4 is 33.3 Å². The second-order valence-corrected chi connectivity index (χ2v) is 10.6. The van der Waals surface area contributed by atoms with Crippen LogP contribution in [0.3, 0.4) is 0 Å². The quantitative estimate of drug-likeness (QED) is 0.470. The number of esters is 1. The first kappa shape index (κ1) is 26.0. The van der Waals surface area contributed by atoms with Gasteiger partial charge in [0.05, 0.1) is 16.1 Å². The van der Waals surface area contributed by atoms with Gasteiger partial charge in [-0.3, -0.25) is 9.10 Å². The second kappa shape index (κ2) is 10.3. The minimum atomic E-state index is -3.91. The van der Waals surface area contributed by atoms with Crippen molar-refractivity contribution < 1.29 is 22.7 Å². The number of rotatable bonds is 7. The average molecular weight is 495 g/mol. The predicted molar refractivity (Wildman–Crippen MR) is 137 cm³/mol. The average Bonchev–Trinajstić information content (AvgIpc) is 2.81. The van der Waals surface area contributed by atoms with E-state index >= 15 is 0 Å². The van der Waals surface area contributed by atoms with Crippen LogP contribution >= 0.6 is 0 Å². The Labute approximate surface area is 206 Å². The molecule has 7 nitrogen and oxygen atoms in total. The molecule has 0 spiro atoms. The number of nitrogens with one attached hydrogen (secondary N) is 1. The second-order valence-electron chi connectivity index (χ2n) is 8.65. The van der Waals surface area contributed by atoms with E-state index in [1.165, 1.54) is 38.2 Å². The highest BCUT2D eigenvalue weighted by Gasteiger charge is 2.24. The third-order valence-electron chi connectivity index (χ3n) is 5.70. The van der Waals surface area contributed by atoms with Crippen molar-refractivity contribution in [3.8, 4) is 0 Å². The summed E-state index contributed by atoms with van der Waals surface area (Å²) in [4.78, 5) is 25.4. The van der Waals surface area contributed by atoms with Gasteiger partial charge in [0.2, 0.25) is 0 Å². The van der Waals surface area contributed by atoms with Crippen LogP contribution in [0, 0.1) is 27.7 Å². The number of amides is 1. The summed E-state index contributed by atoms with van der Waals surface area (Å²) in [5, 5.41) is 2.82. The number of carbonyl (C=O) groups is 2. The van der Waals surface area contributed by atoms with Crippen molar-refractivity contribution in [2.75, 3.05) is 16.7 Å². The summed E-state index contributed by atoms with van der Waals surface area (Å²) in [5.41, 5.74) is 5.11. The van der Waals surface area contributed by atoms with Crippen molar-refractivity contribution in [3.05, 3.63) is 88.5 Å². The number of hydrogen-bond donors (Lipinski definition) is 1. The highest BCUT2D eigenvalue weighted by molar-refractivity contribution is 7.92. The zero-order valence-electron chi connectivity index (χ0n) is 20.7. The van der Waals surface area contributed by atoms with E-state index in [4.69, 9.17) is 4.74 Å². The molecule has 0 aliphatic carbocycles. The molecule has 8 heteroatoms. The molecular formula is C27H30N2O5S. The Bertz CT molecular complexity index is 1340. The number of sulfonamides is 1. The van der Waals surface area contributed by atoms with Crippen LogP contribution < -0.4 is 9.62 Å². The maximum Gasteiger partial charge on any atom is 0.338 e. The van der Waals surface area contributed by atoms with Gasteiger partial charge in [0.25, 0.3) is 15.9 Å². The fourth-order valence-corrected chi connectivity index (χ4v) is 4.96. The normalized spacial score (nSPS) is 12.1. The lowest BCUT2D eigenvalue weighted by atomic mass is 10.0. The first-order valence-electron chi connectivity index (χ1n) is 11.2. The molecule has 3 aromatic rings. The van der Waals surface area contributed by atoms with E-state index in [1.807, 2.05) is 52.0 Å². The monoisotopic (exact) mass is 494 g/mol. The maximum atomic E-state index is 13.1. The fraction of sp³-hybridized carbons (Fsp3) is 0.259. The number of hydrogen-bond acceptors (Lipinski definition) is 5. The molecule has 0 saturated carbocycles. The Kier molecular flexibility index (Phi) is 7.65. The van der Waals surface area contributed by atoms with Gasteiger partial charge in [-0.2, -0.15) is 0 Å². The van der Waals surface area contributed by atoms with Gasteiger partial charge < -0.3 is 10.1 Å². The van der Waals surface area contributed by atoms with Gasteiger partial charge in [-0.15, -0.1) is 0 Å². The van der Waals surface area contributed by atoms with Crippen LogP contribution in [0.2, 0.25) is 0 Å². The third-order valence-corrected chi connectivity index (χ3v) is 7.49. The number of aryl methyl sites for hydroxylation is 4. The minimum Gasteiger partial charge on any atom is -0.449 e. The van der Waals surface area contributed by atoms with E-state index in [0.717, 1.165) is 26.6 Å². The van der Waals surface area contributed by atoms with Gasteiger partial charge in [0, 0.05) is 12.7 Å². The largest absolute Gasteiger partial charge is 0.449 e. The molecule has 1 atom stereocenters. The van der Waals surface area contributed by atoms with Gasteiger partial charge in [-0.1, -0.05) is 41.5 Å². The molecule has 3 aromatic carbocycles. The Morgan fingerprint density at radius 2 is 1.49 bits per heavy atom. The number of ether oxygens (including phenoxy) is 1. The highest BCUT2D eigenvalue weighted by Crippen LogP contribution is 2.24. The Morgan fingerprint density at radius 1 is 0.886 bits per heavy atom. The molecule has 0 heterocycles. The molecule has 1 amide bonds. The van der Waals surface area contributed by atoms with Crippen LogP contribution in [0.4, 0.5) is 11.4 Å². The van der Waals surface area contributed by atoms with Gasteiger partial charge in [0.1, 0.15) is 0 Å². The molecule has 0 bridgehead atoms. The molecule has 0 radical (unpaired) electrons. The van der Waals surface area contributed by atoms with Gasteiger partial charge in [0.15, 0.2) is 6.10 Å². The van der Waals surface area contributed by atoms with Crippen LogP contribution in [0.1, 0.15) is 39.5 Å². The molecule has 1 N–H and O–H groups in total. The lowest BCUT2D eigenvalue weighted by Gasteiger charge is -2.20. The van der Waals surface area contributed by atoms with Crippen molar-refractivity contribution in [3.63, 3.8) is 0 Å². The van der Waals surface area contributed by atoms with Crippen molar-refractivity contribution in [2.24, 2.45) is 0 Å². The maximum absolute atomic E-state index is 13.1. The Morgan fingerprint density at radius 3 is 2.09 bits per heavy atom. The smallest absolute Gasteiger partial charge is 0.338 e. The van der Waals surface area contributed by atoms with Crippen molar-refractivity contribution in [2.45, 2.75) is 45.6 Å². The van der Waals surface area contributed by atoms with Crippen LogP contribution in [0.5, 0.6) is 0 Å². The first-order valence-corrected chi connectivity index (χ1v) is 12.6. The molecule has 3 rings (SSSR count). The van der Waals surface area contributed by atoms with E-state index in [0.29, 0.717) is 11.4 Å². The lowest BCUT2D eigenvalue weighted by molar-refractivity contribution is -0.123. The van der Waals surface area contributed by atoms with Crippen molar-refractivity contribution in [1.29, 1.82) is 0 Å². The number of nitrogens with zero attached hydrogens (tertiary/aromatic N) is 1. The van der Waals surface area contributed by atoms with Gasteiger partial charge >= 0.3 is 5.97 Å². The van der Waals surface area contributed by atoms with Crippen molar-refractivity contribution in [1.82, 2.24) is 0 Å². The SMILES string of the molecule is Cc1ccc(N(C)S(=O)(=O)c2cccc(C(=O)O[C@H](C)C(=O)Nc3c(C)cc(C)cc3C)c2)cc1. The summed E-state index contributed by atoms with van der Waals surface area (Å²) in [6.07, 6.45) is -1.09. The summed E-state index contributed by atoms with van der Waals surface area (Å²) >= 11 is 0. The van der Waals surface area contributed by atoms with Crippen LogP contribution in [0.25, 0.3) is 0 Å². The van der Waals surface area contributed by atoms with Crippen LogP contribution in [-0.2, 0) is 19.6 Å². The van der Waals surface area contributed by atoms with E-state index < -0.39 is 28.0 Å². The van der Waals surface area contributed by atoms with Gasteiger partial charge in [-0.25, -0.2) is 13.2 Å². The number of anilines is 2. The molecule has 0 aromatic heterocycles. The molecule has 0 aliphatic rings. The van der Waals surface area contributed by atoms with Gasteiger partial charge in [-0.05, 0) is 76.1 Å². The standard InChI is InChI=1S/C27H30N2O5S/c1-17-10-12-23(13-11-17)29(6)35(32,33)24-9-7-8-22(16-24)27(31)34-21(5)26(30)28-25-19(3)14-18(2)15-20(25)4/h7-16,21H,1-6H3,(H,28,30)/t21-/m1/s1. The summed E-state index contributed by atoms with van der Waals surface area (Å²) in [5.74, 6) is -1.27. The first-order chi connectivity index (χ1) is 16.4. The highest BCUT2D eigenvalue weighted by atomic mass is 32.2. The number of carbonyl (C=O) groups excluding carboxylic acids is 2. The molecule has 0 aliphatic heterocycles. The lowest BCUT2D eigenvalue weighted by Crippen LogP contribution is -2.30. The molecular weight excluding hydrogens is 464 g/mol. The predicted octanol–water partition coefficient (Wildman–Crippen LogP) is 4.93. The summed E-state index contributed by atoms with van der Waals surface area (Å²) in [6, 6.07) is 16.6. The zero-order chi connectivity index (χ0) is 25.9. The Hall–Kier alpha value is -3.65. The number of benzene rings is 3. The Balaban J connectivity index is 1.75. The van der Waals surface area contributed by atoms with E-state index in [9.17, 15) is 18.0 Å². The van der Waals surface area contributed by atoms with Crippen LogP contribution in [0.15, 0.2) is 65.6 Å². The fourth-order valence-electron chi connectivity index (χ4n) is 3.72. The molecule has 0 saturated heterocycles. The summed E-state index contributed by atoms with van der Waals surface area (Å²) in [7, 11) is -2.46. The molecule has 35 heavy (non-hydrogen) atoms. The minimum absolute atomic E-state index is 0.0331. The topological polar surface area (TPSA) is 92.8 Å². The van der Waals surface area contributed by atoms with E-state index in [1.54, 1.807) is 12.1 Å². The zero-order valence-corrected chi connectivity index (χ0v) is 21.6. The molecule has 0 unspecified atom stereocenters. The molecule has 184 valence electrons. The van der Waals surface area contributed by atoms with E-state index in [2.05, 4.69) is 5.32 Å². The third kappa shape index (κ3) is 5.89. The van der Waals surface area contributed by atoms with E-state index in [-0.39, 0.29) is 10.5 Å². The summed E-state index contributed by atoms with van der Waals surface area (Å²) < 4.78 is 32.7.